The molecule has 2 heterocycles. The van der Waals surface area contributed by atoms with Crippen LogP contribution in [0.4, 0.5) is 0 Å². The molecule has 1 aromatic rings. The van der Waals surface area contributed by atoms with Gasteiger partial charge < -0.3 is 14.5 Å². The predicted octanol–water partition coefficient (Wildman–Crippen LogP) is 3.07. The molecular formula is C19H28N2O. The molecule has 22 heavy (non-hydrogen) atoms. The highest BCUT2D eigenvalue weighted by Gasteiger charge is 2.43. The molecule has 4 rings (SSSR count). The van der Waals surface area contributed by atoms with Crippen molar-refractivity contribution >= 4 is 0 Å². The highest BCUT2D eigenvalue weighted by Crippen LogP contribution is 2.42. The van der Waals surface area contributed by atoms with Gasteiger partial charge in [0.15, 0.2) is 0 Å². The molecule has 3 nitrogen and oxygen atoms in total. The average molecular weight is 300 g/mol. The minimum Gasteiger partial charge on any atom is -0.487 e. The van der Waals surface area contributed by atoms with E-state index >= 15 is 0 Å². The van der Waals surface area contributed by atoms with Gasteiger partial charge in [0, 0.05) is 44.9 Å². The van der Waals surface area contributed by atoms with Crippen molar-refractivity contribution in [3.63, 3.8) is 0 Å². The molecule has 3 heteroatoms. The van der Waals surface area contributed by atoms with Crippen LogP contribution in [0.5, 0.6) is 5.75 Å². The Labute approximate surface area is 134 Å². The third kappa shape index (κ3) is 2.65. The molecule has 0 bridgehead atoms. The molecule has 2 aliphatic heterocycles. The maximum Gasteiger partial charge on any atom is 0.123 e. The summed E-state index contributed by atoms with van der Waals surface area (Å²) < 4.78 is 6.49. The number of fused-ring (bicyclic) bond motifs is 1. The number of benzene rings is 1. The van der Waals surface area contributed by atoms with Gasteiger partial charge in [0.1, 0.15) is 11.4 Å². The van der Waals surface area contributed by atoms with E-state index in [0.717, 1.165) is 24.8 Å². The third-order valence-corrected chi connectivity index (χ3v) is 5.77. The first-order valence-electron chi connectivity index (χ1n) is 8.83. The van der Waals surface area contributed by atoms with Crippen molar-refractivity contribution in [1.82, 2.24) is 9.80 Å². The van der Waals surface area contributed by atoms with Gasteiger partial charge in [-0.15, -0.1) is 0 Å². The lowest BCUT2D eigenvalue weighted by atomic mass is 9.84. The fourth-order valence-electron chi connectivity index (χ4n) is 4.25. The van der Waals surface area contributed by atoms with Crippen LogP contribution >= 0.6 is 0 Å². The summed E-state index contributed by atoms with van der Waals surface area (Å²) in [6.45, 7) is 3.44. The topological polar surface area (TPSA) is 15.7 Å². The van der Waals surface area contributed by atoms with Gasteiger partial charge in [-0.25, -0.2) is 0 Å². The summed E-state index contributed by atoms with van der Waals surface area (Å²) in [5.74, 6) is 1.15. The van der Waals surface area contributed by atoms with Gasteiger partial charge in [-0.2, -0.15) is 0 Å². The number of piperidine rings is 1. The van der Waals surface area contributed by atoms with Crippen LogP contribution in [0.25, 0.3) is 0 Å². The Balaban J connectivity index is 1.43. The summed E-state index contributed by atoms with van der Waals surface area (Å²) in [5, 5.41) is 0. The Morgan fingerprint density at radius 1 is 1.23 bits per heavy atom. The molecule has 0 radical (unpaired) electrons. The van der Waals surface area contributed by atoms with Gasteiger partial charge in [-0.1, -0.05) is 18.6 Å². The van der Waals surface area contributed by atoms with E-state index in [0.29, 0.717) is 0 Å². The van der Waals surface area contributed by atoms with Crippen LogP contribution in [-0.4, -0.2) is 48.6 Å². The Morgan fingerprint density at radius 3 is 2.64 bits per heavy atom. The smallest absolute Gasteiger partial charge is 0.123 e. The largest absolute Gasteiger partial charge is 0.487 e. The number of hydrogen-bond acceptors (Lipinski definition) is 3. The fourth-order valence-corrected chi connectivity index (χ4v) is 4.25. The summed E-state index contributed by atoms with van der Waals surface area (Å²) in [5.41, 5.74) is 2.87. The number of rotatable bonds is 3. The Bertz CT molecular complexity index is 542. The molecule has 0 N–H and O–H groups in total. The van der Waals surface area contributed by atoms with Crippen molar-refractivity contribution in [1.29, 1.82) is 0 Å². The van der Waals surface area contributed by atoms with Gasteiger partial charge in [0.2, 0.25) is 0 Å². The summed E-state index contributed by atoms with van der Waals surface area (Å²) in [6, 6.07) is 7.71. The van der Waals surface area contributed by atoms with Gasteiger partial charge in [0.05, 0.1) is 0 Å². The second kappa shape index (κ2) is 5.54. The second-order valence-electron chi connectivity index (χ2n) is 7.76. The van der Waals surface area contributed by atoms with Gasteiger partial charge in [0.25, 0.3) is 0 Å². The third-order valence-electron chi connectivity index (χ3n) is 5.77. The molecule has 1 aliphatic carbocycles. The fraction of sp³-hybridized carbons (Fsp3) is 0.684. The molecule has 0 amide bonds. The van der Waals surface area contributed by atoms with Gasteiger partial charge in [-0.05, 0) is 44.1 Å². The molecule has 0 aromatic heterocycles. The lowest BCUT2D eigenvalue weighted by Crippen LogP contribution is -2.52. The van der Waals surface area contributed by atoms with Crippen molar-refractivity contribution in [3.8, 4) is 5.75 Å². The standard InChI is InChI=1S/C19H28N2O/c1-20(2)14-15-6-7-16-13-19(22-18(16)12-15)8-10-21(11-9-19)17-4-3-5-17/h6-7,12,17H,3-5,8-11,13-14H2,1-2H3. The van der Waals surface area contributed by atoms with E-state index in [1.807, 2.05) is 0 Å². The first-order valence-corrected chi connectivity index (χ1v) is 8.83. The van der Waals surface area contributed by atoms with E-state index in [2.05, 4.69) is 42.1 Å². The minimum absolute atomic E-state index is 0.0965. The van der Waals surface area contributed by atoms with Gasteiger partial charge in [-0.3, -0.25) is 0 Å². The van der Waals surface area contributed by atoms with E-state index in [1.54, 1.807) is 0 Å². The van der Waals surface area contributed by atoms with Crippen molar-refractivity contribution in [2.45, 2.75) is 56.7 Å². The summed E-state index contributed by atoms with van der Waals surface area (Å²) in [4.78, 5) is 4.92. The quantitative estimate of drug-likeness (QED) is 0.853. The molecular weight excluding hydrogens is 272 g/mol. The minimum atomic E-state index is 0.0965. The zero-order chi connectivity index (χ0) is 15.2. The van der Waals surface area contributed by atoms with E-state index in [4.69, 9.17) is 4.74 Å². The van der Waals surface area contributed by atoms with Crippen molar-refractivity contribution in [3.05, 3.63) is 29.3 Å². The van der Waals surface area contributed by atoms with E-state index in [1.165, 1.54) is 56.3 Å². The summed E-state index contributed by atoms with van der Waals surface area (Å²) >= 11 is 0. The van der Waals surface area contributed by atoms with Crippen LogP contribution in [-0.2, 0) is 13.0 Å². The lowest BCUT2D eigenvalue weighted by molar-refractivity contribution is -0.00749. The number of likely N-dealkylation sites (tertiary alicyclic amines) is 1. The van der Waals surface area contributed by atoms with Crippen LogP contribution in [0, 0.1) is 0 Å². The van der Waals surface area contributed by atoms with Crippen LogP contribution in [0.1, 0.15) is 43.2 Å². The number of nitrogens with zero attached hydrogens (tertiary/aromatic N) is 2. The van der Waals surface area contributed by atoms with Crippen molar-refractivity contribution < 1.29 is 4.74 Å². The van der Waals surface area contributed by atoms with E-state index in [-0.39, 0.29) is 5.60 Å². The zero-order valence-electron chi connectivity index (χ0n) is 14.0. The first kappa shape index (κ1) is 14.5. The van der Waals surface area contributed by atoms with Crippen LogP contribution in [0.3, 0.4) is 0 Å². The molecule has 3 aliphatic rings. The normalized spacial score (nSPS) is 24.3. The van der Waals surface area contributed by atoms with Gasteiger partial charge >= 0.3 is 0 Å². The summed E-state index contributed by atoms with van der Waals surface area (Å²) in [7, 11) is 4.23. The molecule has 0 atom stereocenters. The summed E-state index contributed by atoms with van der Waals surface area (Å²) in [6.07, 6.45) is 7.78. The van der Waals surface area contributed by atoms with E-state index in [9.17, 15) is 0 Å². The average Bonchev–Trinajstić information content (AvgIpc) is 2.76. The van der Waals surface area contributed by atoms with Crippen molar-refractivity contribution in [2.75, 3.05) is 27.2 Å². The molecule has 1 saturated heterocycles. The lowest BCUT2D eigenvalue weighted by Gasteiger charge is -2.45. The highest BCUT2D eigenvalue weighted by atomic mass is 16.5. The van der Waals surface area contributed by atoms with E-state index < -0.39 is 0 Å². The Morgan fingerprint density at radius 2 is 2.00 bits per heavy atom. The number of hydrogen-bond donors (Lipinski definition) is 0. The molecule has 1 spiro atoms. The zero-order valence-corrected chi connectivity index (χ0v) is 14.0. The Kier molecular flexibility index (Phi) is 3.66. The Hall–Kier alpha value is -1.06. The molecule has 1 aromatic carbocycles. The first-order chi connectivity index (χ1) is 10.6. The molecule has 0 unspecified atom stereocenters. The monoisotopic (exact) mass is 300 g/mol. The molecule has 1 saturated carbocycles. The molecule has 120 valence electrons. The molecule has 2 fully saturated rings. The number of ether oxygens (including phenoxy) is 1. The van der Waals surface area contributed by atoms with Crippen LogP contribution in [0.2, 0.25) is 0 Å². The maximum atomic E-state index is 6.49. The van der Waals surface area contributed by atoms with Crippen LogP contribution in [0.15, 0.2) is 18.2 Å². The second-order valence-corrected chi connectivity index (χ2v) is 7.76. The maximum absolute atomic E-state index is 6.49. The SMILES string of the molecule is CN(C)Cc1ccc2c(c1)OC1(CCN(C3CCC3)CC1)C2. The highest BCUT2D eigenvalue weighted by molar-refractivity contribution is 5.42. The van der Waals surface area contributed by atoms with Crippen LogP contribution < -0.4 is 4.74 Å². The van der Waals surface area contributed by atoms with Crippen molar-refractivity contribution in [2.24, 2.45) is 0 Å². The predicted molar refractivity (Wildman–Crippen MR) is 89.3 cm³/mol.